The van der Waals surface area contributed by atoms with Crippen LogP contribution in [0.15, 0.2) is 18.2 Å². The second-order valence-electron chi connectivity index (χ2n) is 3.36. The summed E-state index contributed by atoms with van der Waals surface area (Å²) in [6, 6.07) is 5.42. The van der Waals surface area contributed by atoms with Crippen molar-refractivity contribution < 1.29 is 9.59 Å². The molecule has 3 nitrogen and oxygen atoms in total. The van der Waals surface area contributed by atoms with E-state index in [9.17, 15) is 9.59 Å². The van der Waals surface area contributed by atoms with Crippen molar-refractivity contribution in [2.75, 3.05) is 7.05 Å². The Morgan fingerprint density at radius 1 is 1.21 bits per heavy atom. The first kappa shape index (κ1) is 8.94. The monoisotopic (exact) mass is 189 g/mol. The molecule has 1 aromatic carbocycles. The Kier molecular flexibility index (Phi) is 1.88. The van der Waals surface area contributed by atoms with Crippen LogP contribution in [0.1, 0.15) is 33.2 Å². The lowest BCUT2D eigenvalue weighted by Gasteiger charge is -2.04. The van der Waals surface area contributed by atoms with E-state index in [-0.39, 0.29) is 11.8 Å². The summed E-state index contributed by atoms with van der Waals surface area (Å²) in [5, 5.41) is 0. The number of hydrogen-bond acceptors (Lipinski definition) is 2. The van der Waals surface area contributed by atoms with Crippen molar-refractivity contribution in [2.45, 2.75) is 13.3 Å². The van der Waals surface area contributed by atoms with Crippen molar-refractivity contribution in [1.29, 1.82) is 0 Å². The van der Waals surface area contributed by atoms with E-state index in [1.54, 1.807) is 6.07 Å². The molecule has 14 heavy (non-hydrogen) atoms. The molecular formula is C11H11NO2. The predicted octanol–water partition coefficient (Wildman–Crippen LogP) is 1.47. The smallest absolute Gasteiger partial charge is 0.261 e. The summed E-state index contributed by atoms with van der Waals surface area (Å²) in [5.41, 5.74) is 2.07. The third-order valence-electron chi connectivity index (χ3n) is 2.59. The SMILES string of the molecule is CCc1cccc2c1C(=O)N(C)C2=O. The van der Waals surface area contributed by atoms with Gasteiger partial charge in [-0.25, -0.2) is 0 Å². The van der Waals surface area contributed by atoms with Crippen molar-refractivity contribution in [3.8, 4) is 0 Å². The van der Waals surface area contributed by atoms with Crippen LogP contribution in [0.3, 0.4) is 0 Å². The van der Waals surface area contributed by atoms with Gasteiger partial charge in [-0.1, -0.05) is 19.1 Å². The maximum absolute atomic E-state index is 11.7. The Bertz CT molecular complexity index is 423. The number of nitrogens with zero attached hydrogens (tertiary/aromatic N) is 1. The van der Waals surface area contributed by atoms with Crippen LogP contribution in [-0.2, 0) is 6.42 Å². The first-order chi connectivity index (χ1) is 6.66. The van der Waals surface area contributed by atoms with Crippen LogP contribution in [0.4, 0.5) is 0 Å². The fraction of sp³-hybridized carbons (Fsp3) is 0.273. The van der Waals surface area contributed by atoms with E-state index in [0.717, 1.165) is 12.0 Å². The van der Waals surface area contributed by atoms with Crippen molar-refractivity contribution >= 4 is 11.8 Å². The average molecular weight is 189 g/mol. The van der Waals surface area contributed by atoms with E-state index in [1.165, 1.54) is 11.9 Å². The van der Waals surface area contributed by atoms with Gasteiger partial charge in [0.05, 0.1) is 11.1 Å². The molecule has 0 fully saturated rings. The molecule has 0 aliphatic carbocycles. The van der Waals surface area contributed by atoms with Crippen LogP contribution < -0.4 is 0 Å². The van der Waals surface area contributed by atoms with Crippen molar-refractivity contribution in [2.24, 2.45) is 0 Å². The number of aryl methyl sites for hydroxylation is 1. The first-order valence-electron chi connectivity index (χ1n) is 4.61. The maximum atomic E-state index is 11.7. The van der Waals surface area contributed by atoms with Crippen LogP contribution in [0.5, 0.6) is 0 Å². The first-order valence-corrected chi connectivity index (χ1v) is 4.61. The minimum atomic E-state index is -0.194. The number of fused-ring (bicyclic) bond motifs is 1. The van der Waals surface area contributed by atoms with Gasteiger partial charge in [0.15, 0.2) is 0 Å². The van der Waals surface area contributed by atoms with Crippen molar-refractivity contribution in [3.63, 3.8) is 0 Å². The van der Waals surface area contributed by atoms with Crippen LogP contribution in [0.2, 0.25) is 0 Å². The van der Waals surface area contributed by atoms with E-state index in [0.29, 0.717) is 11.1 Å². The number of rotatable bonds is 1. The largest absolute Gasteiger partial charge is 0.277 e. The summed E-state index contributed by atoms with van der Waals surface area (Å²) in [4.78, 5) is 24.4. The topological polar surface area (TPSA) is 37.4 Å². The van der Waals surface area contributed by atoms with Crippen molar-refractivity contribution in [1.82, 2.24) is 4.90 Å². The average Bonchev–Trinajstić information content (AvgIpc) is 2.44. The van der Waals surface area contributed by atoms with Gasteiger partial charge < -0.3 is 0 Å². The zero-order chi connectivity index (χ0) is 10.3. The molecule has 0 unspecified atom stereocenters. The number of amides is 2. The molecule has 0 saturated heterocycles. The van der Waals surface area contributed by atoms with Crippen LogP contribution in [0, 0.1) is 0 Å². The molecule has 1 aliphatic heterocycles. The molecule has 0 saturated carbocycles. The third-order valence-corrected chi connectivity index (χ3v) is 2.59. The summed E-state index contributed by atoms with van der Waals surface area (Å²) in [6.07, 6.45) is 0.774. The van der Waals surface area contributed by atoms with E-state index in [2.05, 4.69) is 0 Å². The second kappa shape index (κ2) is 2.94. The fourth-order valence-corrected chi connectivity index (χ4v) is 1.77. The van der Waals surface area contributed by atoms with Crippen LogP contribution >= 0.6 is 0 Å². The quantitative estimate of drug-likeness (QED) is 0.627. The fourth-order valence-electron chi connectivity index (χ4n) is 1.77. The van der Waals surface area contributed by atoms with Gasteiger partial charge in [-0.3, -0.25) is 14.5 Å². The van der Waals surface area contributed by atoms with Crippen LogP contribution in [-0.4, -0.2) is 23.8 Å². The lowest BCUT2D eigenvalue weighted by molar-refractivity contribution is 0.0693. The minimum absolute atomic E-state index is 0.178. The summed E-state index contributed by atoms with van der Waals surface area (Å²) in [7, 11) is 1.52. The highest BCUT2D eigenvalue weighted by Crippen LogP contribution is 2.24. The van der Waals surface area contributed by atoms with Gasteiger partial charge in [0, 0.05) is 7.05 Å². The molecule has 0 bridgehead atoms. The molecule has 0 N–H and O–H groups in total. The lowest BCUT2D eigenvalue weighted by Crippen LogP contribution is -2.24. The normalized spacial score (nSPS) is 14.9. The van der Waals surface area contributed by atoms with Gasteiger partial charge in [0.1, 0.15) is 0 Å². The molecule has 2 rings (SSSR count). The van der Waals surface area contributed by atoms with E-state index >= 15 is 0 Å². The Morgan fingerprint density at radius 2 is 1.93 bits per heavy atom. The molecule has 3 heteroatoms. The molecule has 0 aromatic heterocycles. The van der Waals surface area contributed by atoms with Crippen molar-refractivity contribution in [3.05, 3.63) is 34.9 Å². The number of hydrogen-bond donors (Lipinski definition) is 0. The molecule has 0 spiro atoms. The third kappa shape index (κ3) is 0.985. The summed E-state index contributed by atoms with van der Waals surface area (Å²) in [6.45, 7) is 1.98. The van der Waals surface area contributed by atoms with Gasteiger partial charge in [0.25, 0.3) is 11.8 Å². The van der Waals surface area contributed by atoms with E-state index in [1.807, 2.05) is 19.1 Å². The van der Waals surface area contributed by atoms with E-state index < -0.39 is 0 Å². The highest BCUT2D eigenvalue weighted by atomic mass is 16.2. The van der Waals surface area contributed by atoms with Gasteiger partial charge in [0.2, 0.25) is 0 Å². The molecule has 0 atom stereocenters. The molecule has 2 amide bonds. The minimum Gasteiger partial charge on any atom is -0.277 e. The number of carbonyl (C=O) groups is 2. The number of carbonyl (C=O) groups excluding carboxylic acids is 2. The molecular weight excluding hydrogens is 178 g/mol. The molecule has 0 radical (unpaired) electrons. The van der Waals surface area contributed by atoms with Crippen LogP contribution in [0.25, 0.3) is 0 Å². The summed E-state index contributed by atoms with van der Waals surface area (Å²) < 4.78 is 0. The Labute approximate surface area is 82.3 Å². The Morgan fingerprint density at radius 3 is 2.57 bits per heavy atom. The Balaban J connectivity index is 2.69. The number of imide groups is 1. The van der Waals surface area contributed by atoms with Gasteiger partial charge in [-0.2, -0.15) is 0 Å². The van der Waals surface area contributed by atoms with Gasteiger partial charge >= 0.3 is 0 Å². The van der Waals surface area contributed by atoms with Gasteiger partial charge in [-0.05, 0) is 18.1 Å². The highest BCUT2D eigenvalue weighted by Gasteiger charge is 2.33. The summed E-state index contributed by atoms with van der Waals surface area (Å²) >= 11 is 0. The lowest BCUT2D eigenvalue weighted by atomic mass is 10.0. The standard InChI is InChI=1S/C11H11NO2/c1-3-7-5-4-6-8-9(7)11(14)12(2)10(8)13/h4-6H,3H2,1-2H3. The second-order valence-corrected chi connectivity index (χ2v) is 3.36. The van der Waals surface area contributed by atoms with Gasteiger partial charge in [-0.15, -0.1) is 0 Å². The zero-order valence-electron chi connectivity index (χ0n) is 8.20. The molecule has 1 aliphatic rings. The molecule has 72 valence electrons. The van der Waals surface area contributed by atoms with E-state index in [4.69, 9.17) is 0 Å². The molecule has 1 heterocycles. The number of benzene rings is 1. The Hall–Kier alpha value is -1.64. The highest BCUT2D eigenvalue weighted by molar-refractivity contribution is 6.21. The zero-order valence-corrected chi connectivity index (χ0v) is 8.20. The predicted molar refractivity (Wildman–Crippen MR) is 52.2 cm³/mol. The molecule has 1 aromatic rings. The summed E-state index contributed by atoms with van der Waals surface area (Å²) in [5.74, 6) is -0.372. The maximum Gasteiger partial charge on any atom is 0.261 e.